The van der Waals surface area contributed by atoms with E-state index in [1.165, 1.54) is 42.1 Å². The fourth-order valence-corrected chi connectivity index (χ4v) is 4.41. The number of aromatic nitrogens is 2. The molecule has 1 aromatic carbocycles. The van der Waals surface area contributed by atoms with Gasteiger partial charge in [-0.25, -0.2) is 23.6 Å². The molecule has 0 saturated carbocycles. The molecular formula is C31H40FN5O10. The van der Waals surface area contributed by atoms with Crippen LogP contribution in [0.2, 0.25) is 0 Å². The number of carbonyl (C=O) groups excluding carboxylic acids is 2. The summed E-state index contributed by atoms with van der Waals surface area (Å²) in [6, 6.07) is 6.44. The fourth-order valence-electron chi connectivity index (χ4n) is 4.41. The largest absolute Gasteiger partial charge is 0.478 e. The van der Waals surface area contributed by atoms with E-state index in [0.717, 1.165) is 26.1 Å². The van der Waals surface area contributed by atoms with E-state index in [1.807, 2.05) is 0 Å². The highest BCUT2D eigenvalue weighted by Crippen LogP contribution is 2.24. The summed E-state index contributed by atoms with van der Waals surface area (Å²) in [5, 5.41) is 41.4. The molecule has 1 fully saturated rings. The van der Waals surface area contributed by atoms with Crippen molar-refractivity contribution in [3.05, 3.63) is 71.2 Å². The van der Waals surface area contributed by atoms with Gasteiger partial charge in [0.1, 0.15) is 11.6 Å². The van der Waals surface area contributed by atoms with E-state index in [1.54, 1.807) is 20.0 Å². The predicted molar refractivity (Wildman–Crippen MR) is 168 cm³/mol. The Morgan fingerprint density at radius 1 is 0.936 bits per heavy atom. The topological polar surface area (TPSA) is 228 Å². The third kappa shape index (κ3) is 15.6. The summed E-state index contributed by atoms with van der Waals surface area (Å²) in [6.45, 7) is 6.99. The second kappa shape index (κ2) is 20.7. The summed E-state index contributed by atoms with van der Waals surface area (Å²) < 4.78 is 15.6. The number of nitrogens with one attached hydrogen (secondary N) is 2. The Balaban J connectivity index is 0.000000569. The maximum absolute atomic E-state index is 14.1. The predicted octanol–water partition coefficient (Wildman–Crippen LogP) is 2.31. The van der Waals surface area contributed by atoms with Crippen LogP contribution in [0.4, 0.5) is 10.2 Å². The Bertz CT molecular complexity index is 1400. The van der Waals surface area contributed by atoms with Crippen molar-refractivity contribution >= 4 is 41.4 Å². The van der Waals surface area contributed by atoms with Crippen LogP contribution in [-0.4, -0.2) is 103 Å². The number of benzene rings is 1. The third-order valence-electron chi connectivity index (χ3n) is 6.59. The number of halogens is 1. The van der Waals surface area contributed by atoms with Gasteiger partial charge in [-0.15, -0.1) is 0 Å². The van der Waals surface area contributed by atoms with Crippen LogP contribution in [0.15, 0.2) is 48.6 Å². The molecule has 16 heteroatoms. The minimum Gasteiger partial charge on any atom is -0.478 e. The Kier molecular flexibility index (Phi) is 17.6. The highest BCUT2D eigenvalue weighted by atomic mass is 19.1. The lowest BCUT2D eigenvalue weighted by Crippen LogP contribution is -2.39. The second-order valence-electron chi connectivity index (χ2n) is 10.2. The lowest BCUT2D eigenvalue weighted by Gasteiger charge is -2.33. The molecule has 1 atom stereocenters. The number of rotatable bonds is 13. The molecule has 1 unspecified atom stereocenters. The first-order valence-corrected chi connectivity index (χ1v) is 14.5. The van der Waals surface area contributed by atoms with Gasteiger partial charge in [0.15, 0.2) is 0 Å². The molecule has 0 aliphatic carbocycles. The number of piperidine rings is 1. The average Bonchev–Trinajstić information content (AvgIpc) is 3.28. The number of carboxylic acid groups (broad SMARTS) is 4. The van der Waals surface area contributed by atoms with Crippen molar-refractivity contribution in [1.82, 2.24) is 20.0 Å². The summed E-state index contributed by atoms with van der Waals surface area (Å²) in [4.78, 5) is 66.1. The summed E-state index contributed by atoms with van der Waals surface area (Å²) >= 11 is 0. The molecule has 1 amide bonds. The second-order valence-corrected chi connectivity index (χ2v) is 10.2. The minimum absolute atomic E-state index is 0.0424. The van der Waals surface area contributed by atoms with Crippen LogP contribution in [0, 0.1) is 12.7 Å². The highest BCUT2D eigenvalue weighted by Gasteiger charge is 2.25. The van der Waals surface area contributed by atoms with Gasteiger partial charge < -0.3 is 36.0 Å². The van der Waals surface area contributed by atoms with Gasteiger partial charge in [0.05, 0.1) is 23.4 Å². The van der Waals surface area contributed by atoms with Gasteiger partial charge >= 0.3 is 23.9 Å². The summed E-state index contributed by atoms with van der Waals surface area (Å²) in [7, 11) is 1.65. The van der Waals surface area contributed by atoms with E-state index in [2.05, 4.69) is 27.6 Å². The van der Waals surface area contributed by atoms with Crippen LogP contribution in [0.5, 0.6) is 0 Å². The normalized spacial score (nSPS) is 14.4. The zero-order valence-corrected chi connectivity index (χ0v) is 26.3. The number of carboxylic acids is 4. The lowest BCUT2D eigenvalue weighted by molar-refractivity contribution is -0.134. The van der Waals surface area contributed by atoms with Gasteiger partial charge in [-0.05, 0) is 64.9 Å². The van der Waals surface area contributed by atoms with Gasteiger partial charge in [0.25, 0.3) is 0 Å². The van der Waals surface area contributed by atoms with Crippen molar-refractivity contribution in [2.45, 2.75) is 45.6 Å². The molecule has 15 nitrogen and oxygen atoms in total. The number of aryl methyl sites for hydroxylation is 2. The standard InChI is InChI=1S/C23H32FN5O2.2C4H4O4/c1-16-9-6-7-13-29(16)14-8-12-25-15-20(30)26-23-21(17(2)27-28(23)3)22(31)18-10-4-5-11-19(18)24;2*5-3(6)1-2-4(7)8/h4-5,10-11,16,25H,6-9,12-15H2,1-3H3,(H,26,30);2*1-2H,(H,5,6)(H,7,8)/b;2*2-1+. The van der Waals surface area contributed by atoms with Crippen LogP contribution < -0.4 is 10.6 Å². The van der Waals surface area contributed by atoms with E-state index in [-0.39, 0.29) is 29.4 Å². The molecule has 47 heavy (non-hydrogen) atoms. The first-order chi connectivity index (χ1) is 22.1. The Morgan fingerprint density at radius 3 is 2.00 bits per heavy atom. The first kappa shape index (κ1) is 39.8. The van der Waals surface area contributed by atoms with E-state index >= 15 is 0 Å². The summed E-state index contributed by atoms with van der Waals surface area (Å²) in [6.07, 6.45) is 7.03. The average molecular weight is 662 g/mol. The Hall–Kier alpha value is -5.22. The number of amides is 1. The highest BCUT2D eigenvalue weighted by molar-refractivity contribution is 6.14. The number of nitrogens with zero attached hydrogens (tertiary/aromatic N) is 3. The molecule has 0 spiro atoms. The number of likely N-dealkylation sites (tertiary alicyclic amines) is 1. The van der Waals surface area contributed by atoms with Crippen molar-refractivity contribution in [3.63, 3.8) is 0 Å². The van der Waals surface area contributed by atoms with Crippen molar-refractivity contribution in [1.29, 1.82) is 0 Å². The van der Waals surface area contributed by atoms with Gasteiger partial charge in [-0.3, -0.25) is 14.3 Å². The van der Waals surface area contributed by atoms with Crippen LogP contribution in [0.1, 0.15) is 54.2 Å². The van der Waals surface area contributed by atoms with E-state index in [4.69, 9.17) is 20.4 Å². The van der Waals surface area contributed by atoms with Crippen molar-refractivity contribution in [2.75, 3.05) is 31.5 Å². The van der Waals surface area contributed by atoms with Gasteiger partial charge in [-0.2, -0.15) is 5.10 Å². The Morgan fingerprint density at radius 2 is 1.49 bits per heavy atom. The molecule has 0 bridgehead atoms. The number of ketones is 1. The van der Waals surface area contributed by atoms with Crippen LogP contribution in [-0.2, 0) is 31.0 Å². The van der Waals surface area contributed by atoms with Gasteiger partial charge in [-0.1, -0.05) is 18.6 Å². The van der Waals surface area contributed by atoms with Crippen molar-refractivity contribution in [2.24, 2.45) is 7.05 Å². The summed E-state index contributed by atoms with van der Waals surface area (Å²) in [5.74, 6) is -6.11. The zero-order chi connectivity index (χ0) is 35.5. The maximum Gasteiger partial charge on any atom is 0.328 e. The Labute approximate surface area is 270 Å². The lowest BCUT2D eigenvalue weighted by atomic mass is 10.0. The van der Waals surface area contributed by atoms with Gasteiger partial charge in [0, 0.05) is 37.4 Å². The van der Waals surface area contributed by atoms with Crippen molar-refractivity contribution < 1.29 is 53.6 Å². The molecule has 2 heterocycles. The number of carbonyl (C=O) groups is 6. The zero-order valence-electron chi connectivity index (χ0n) is 26.3. The molecule has 0 radical (unpaired) electrons. The monoisotopic (exact) mass is 661 g/mol. The quantitative estimate of drug-likeness (QED) is 0.103. The summed E-state index contributed by atoms with van der Waals surface area (Å²) in [5.41, 5.74) is 0.605. The molecule has 1 aliphatic rings. The van der Waals surface area contributed by atoms with Crippen LogP contribution >= 0.6 is 0 Å². The molecular weight excluding hydrogens is 621 g/mol. The smallest absolute Gasteiger partial charge is 0.328 e. The molecule has 1 saturated heterocycles. The molecule has 2 aromatic rings. The fraction of sp³-hybridized carbons (Fsp3) is 0.387. The number of hydrogen-bond donors (Lipinski definition) is 6. The number of aliphatic carboxylic acids is 4. The molecule has 6 N–H and O–H groups in total. The number of hydrogen-bond acceptors (Lipinski definition) is 9. The maximum atomic E-state index is 14.1. The molecule has 3 rings (SSSR count). The van der Waals surface area contributed by atoms with Crippen LogP contribution in [0.3, 0.4) is 0 Å². The van der Waals surface area contributed by atoms with Gasteiger partial charge in [0.2, 0.25) is 11.7 Å². The SMILES string of the molecule is Cc1nn(C)c(NC(=O)CNCCCN2CCCCC2C)c1C(=O)c1ccccc1F.O=C(O)/C=C/C(=O)O.O=C(O)/C=C/C(=O)O. The van der Waals surface area contributed by atoms with E-state index < -0.39 is 35.5 Å². The van der Waals surface area contributed by atoms with Crippen LogP contribution in [0.25, 0.3) is 0 Å². The molecule has 1 aliphatic heterocycles. The third-order valence-corrected chi connectivity index (χ3v) is 6.59. The first-order valence-electron chi connectivity index (χ1n) is 14.5. The minimum atomic E-state index is -1.26. The van der Waals surface area contributed by atoms with E-state index in [0.29, 0.717) is 36.0 Å². The van der Waals surface area contributed by atoms with E-state index in [9.17, 15) is 33.2 Å². The number of anilines is 1. The molecule has 1 aromatic heterocycles. The molecule has 256 valence electrons. The van der Waals surface area contributed by atoms with Crippen molar-refractivity contribution in [3.8, 4) is 0 Å².